The molecule has 0 saturated carbocycles. The maximum Gasteiger partial charge on any atom is 0.338 e. The molecule has 0 saturated heterocycles. The van der Waals surface area contributed by atoms with Crippen LogP contribution < -0.4 is 0 Å². The lowest BCUT2D eigenvalue weighted by Gasteiger charge is -2.27. The molecule has 7 heteroatoms. The summed E-state index contributed by atoms with van der Waals surface area (Å²) in [6.07, 6.45) is 1.37. The fourth-order valence-electron chi connectivity index (χ4n) is 3.93. The first-order valence-corrected chi connectivity index (χ1v) is 10.6. The van der Waals surface area contributed by atoms with Gasteiger partial charge >= 0.3 is 5.97 Å². The van der Waals surface area contributed by atoms with Crippen molar-refractivity contribution in [3.05, 3.63) is 106 Å². The van der Waals surface area contributed by atoms with Gasteiger partial charge in [0.05, 0.1) is 30.0 Å². The van der Waals surface area contributed by atoms with E-state index in [2.05, 4.69) is 0 Å². The van der Waals surface area contributed by atoms with Crippen LogP contribution in [0.3, 0.4) is 0 Å². The molecular formula is C26H23NO6. The van der Waals surface area contributed by atoms with Crippen LogP contribution in [-0.2, 0) is 16.1 Å². The molecule has 7 nitrogen and oxygen atoms in total. The molecule has 1 N–H and O–H groups in total. The van der Waals surface area contributed by atoms with Crippen LogP contribution in [0, 0.1) is 6.92 Å². The van der Waals surface area contributed by atoms with E-state index in [-0.39, 0.29) is 24.5 Å². The summed E-state index contributed by atoms with van der Waals surface area (Å²) in [5.41, 5.74) is 2.76. The zero-order valence-electron chi connectivity index (χ0n) is 18.3. The Morgan fingerprint density at radius 2 is 1.85 bits per heavy atom. The number of ether oxygens (including phenoxy) is 1. The average molecular weight is 445 g/mol. The van der Waals surface area contributed by atoms with Crippen molar-refractivity contribution in [3.8, 4) is 0 Å². The van der Waals surface area contributed by atoms with E-state index in [1.165, 1.54) is 17.2 Å². The smallest absolute Gasteiger partial charge is 0.338 e. The highest BCUT2D eigenvalue weighted by molar-refractivity contribution is 6.15. The number of benzene rings is 2. The van der Waals surface area contributed by atoms with Gasteiger partial charge in [0.2, 0.25) is 5.78 Å². The highest BCUT2D eigenvalue weighted by atomic mass is 16.5. The number of aliphatic hydroxyl groups excluding tert-OH is 1. The quantitative estimate of drug-likeness (QED) is 0.424. The summed E-state index contributed by atoms with van der Waals surface area (Å²) in [5, 5.41) is 10.7. The van der Waals surface area contributed by atoms with Crippen LogP contribution in [0.2, 0.25) is 0 Å². The molecule has 1 unspecified atom stereocenters. The van der Waals surface area contributed by atoms with Crippen molar-refractivity contribution in [3.63, 3.8) is 0 Å². The number of carbonyl (C=O) groups excluding carboxylic acids is 3. The number of carbonyl (C=O) groups is 3. The minimum atomic E-state index is -0.792. The minimum Gasteiger partial charge on any atom is -0.503 e. The molecule has 0 radical (unpaired) electrons. The number of aliphatic hydroxyl groups is 1. The maximum atomic E-state index is 13.2. The minimum absolute atomic E-state index is 0.0244. The number of aryl methyl sites for hydroxylation is 1. The Labute approximate surface area is 190 Å². The number of nitrogens with zero attached hydrogens (tertiary/aromatic N) is 1. The first-order chi connectivity index (χ1) is 15.9. The summed E-state index contributed by atoms with van der Waals surface area (Å²) < 4.78 is 10.2. The van der Waals surface area contributed by atoms with Gasteiger partial charge in [-0.15, -0.1) is 0 Å². The molecule has 33 heavy (non-hydrogen) atoms. The third kappa shape index (κ3) is 4.30. The van der Waals surface area contributed by atoms with E-state index in [1.54, 1.807) is 37.3 Å². The number of Topliss-reactive ketones (excluding diaryl/α,β-unsaturated/α-hetero) is 1. The summed E-state index contributed by atoms with van der Waals surface area (Å²) in [7, 11) is 0. The molecule has 1 aliphatic rings. The summed E-state index contributed by atoms with van der Waals surface area (Å²) in [4.78, 5) is 39.6. The molecule has 0 aliphatic carbocycles. The van der Waals surface area contributed by atoms with Crippen molar-refractivity contribution in [1.29, 1.82) is 0 Å². The van der Waals surface area contributed by atoms with Crippen molar-refractivity contribution in [2.45, 2.75) is 26.4 Å². The van der Waals surface area contributed by atoms with Crippen LogP contribution in [0.5, 0.6) is 0 Å². The first-order valence-electron chi connectivity index (χ1n) is 10.6. The Bertz CT molecular complexity index is 1220. The highest BCUT2D eigenvalue weighted by Gasteiger charge is 2.44. The van der Waals surface area contributed by atoms with Crippen molar-refractivity contribution in [2.24, 2.45) is 0 Å². The Kier molecular flexibility index (Phi) is 6.13. The lowest BCUT2D eigenvalue weighted by Crippen LogP contribution is -2.30. The SMILES string of the molecule is CCOC(=O)c1ccc(CN2C(=O)C(O)=C(C(=O)c3ccco3)C2c2cccc(C)c2)cc1. The van der Waals surface area contributed by atoms with Gasteiger partial charge in [-0.1, -0.05) is 42.0 Å². The predicted molar refractivity (Wildman–Crippen MR) is 120 cm³/mol. The summed E-state index contributed by atoms with van der Waals surface area (Å²) in [5.74, 6) is -2.17. The van der Waals surface area contributed by atoms with E-state index in [0.717, 1.165) is 11.1 Å². The number of hydrogen-bond donors (Lipinski definition) is 1. The highest BCUT2D eigenvalue weighted by Crippen LogP contribution is 2.40. The third-order valence-corrected chi connectivity index (χ3v) is 5.47. The van der Waals surface area contributed by atoms with Crippen LogP contribution >= 0.6 is 0 Å². The van der Waals surface area contributed by atoms with Gasteiger partial charge in [0.15, 0.2) is 11.5 Å². The van der Waals surface area contributed by atoms with Crippen LogP contribution in [0.25, 0.3) is 0 Å². The van der Waals surface area contributed by atoms with Gasteiger partial charge < -0.3 is 19.2 Å². The third-order valence-electron chi connectivity index (χ3n) is 5.47. The zero-order valence-corrected chi connectivity index (χ0v) is 18.3. The number of ketones is 1. The number of hydrogen-bond acceptors (Lipinski definition) is 6. The molecule has 1 atom stereocenters. The van der Waals surface area contributed by atoms with E-state index in [9.17, 15) is 19.5 Å². The molecular weight excluding hydrogens is 422 g/mol. The second-order valence-corrected chi connectivity index (χ2v) is 7.74. The van der Waals surface area contributed by atoms with Crippen molar-refractivity contribution in [2.75, 3.05) is 6.61 Å². The van der Waals surface area contributed by atoms with Crippen LogP contribution in [0.1, 0.15) is 50.6 Å². The van der Waals surface area contributed by atoms with Gasteiger partial charge in [0.1, 0.15) is 0 Å². The van der Waals surface area contributed by atoms with Gasteiger partial charge in [-0.3, -0.25) is 9.59 Å². The number of rotatable bonds is 7. The fourth-order valence-corrected chi connectivity index (χ4v) is 3.93. The summed E-state index contributed by atoms with van der Waals surface area (Å²) in [6, 6.07) is 16.4. The first kappa shape index (κ1) is 22.1. The van der Waals surface area contributed by atoms with Gasteiger partial charge in [-0.05, 0) is 49.2 Å². The molecule has 168 valence electrons. The maximum absolute atomic E-state index is 13.2. The molecule has 1 aliphatic heterocycles. The van der Waals surface area contributed by atoms with E-state index >= 15 is 0 Å². The molecule has 3 aromatic rings. The lowest BCUT2D eigenvalue weighted by atomic mass is 9.94. The summed E-state index contributed by atoms with van der Waals surface area (Å²) in [6.45, 7) is 4.05. The normalized spacial score (nSPS) is 15.8. The van der Waals surface area contributed by atoms with Crippen LogP contribution in [-0.4, -0.2) is 34.3 Å². The molecule has 4 rings (SSSR count). The lowest BCUT2D eigenvalue weighted by molar-refractivity contribution is -0.130. The molecule has 0 bridgehead atoms. The van der Waals surface area contributed by atoms with Crippen molar-refractivity contribution >= 4 is 17.7 Å². The van der Waals surface area contributed by atoms with E-state index in [1.807, 2.05) is 31.2 Å². The second-order valence-electron chi connectivity index (χ2n) is 7.74. The zero-order chi connectivity index (χ0) is 23.5. The largest absolute Gasteiger partial charge is 0.503 e. The van der Waals surface area contributed by atoms with Crippen LogP contribution in [0.4, 0.5) is 0 Å². The van der Waals surface area contributed by atoms with Crippen molar-refractivity contribution in [1.82, 2.24) is 4.90 Å². The van der Waals surface area contributed by atoms with Gasteiger partial charge in [0.25, 0.3) is 5.91 Å². The van der Waals surface area contributed by atoms with Gasteiger partial charge in [-0.25, -0.2) is 4.79 Å². The van der Waals surface area contributed by atoms with Crippen LogP contribution in [0.15, 0.2) is 82.7 Å². The number of esters is 1. The Morgan fingerprint density at radius 1 is 1.09 bits per heavy atom. The monoisotopic (exact) mass is 445 g/mol. The van der Waals surface area contributed by atoms with E-state index in [0.29, 0.717) is 11.1 Å². The molecule has 0 spiro atoms. The Balaban J connectivity index is 1.70. The standard InChI is InChI=1S/C26H23NO6/c1-3-32-26(31)18-11-9-17(10-12-18)15-27-22(19-7-4-6-16(2)14-19)21(24(29)25(27)30)23(28)20-8-5-13-33-20/h4-14,22,29H,3,15H2,1-2H3. The summed E-state index contributed by atoms with van der Waals surface area (Å²) >= 11 is 0. The average Bonchev–Trinajstić information content (AvgIpc) is 3.43. The Hall–Kier alpha value is -4.13. The molecule has 2 aromatic carbocycles. The predicted octanol–water partition coefficient (Wildman–Crippen LogP) is 4.54. The molecule has 0 fully saturated rings. The topological polar surface area (TPSA) is 97.0 Å². The molecule has 1 aromatic heterocycles. The molecule has 1 amide bonds. The number of amides is 1. The molecule has 2 heterocycles. The van der Waals surface area contributed by atoms with E-state index in [4.69, 9.17) is 9.15 Å². The van der Waals surface area contributed by atoms with E-state index < -0.39 is 29.5 Å². The fraction of sp³-hybridized carbons (Fsp3) is 0.192. The second kappa shape index (κ2) is 9.16. The Morgan fingerprint density at radius 3 is 2.48 bits per heavy atom. The number of furan rings is 1. The van der Waals surface area contributed by atoms with Gasteiger partial charge in [-0.2, -0.15) is 0 Å². The van der Waals surface area contributed by atoms with Crippen molar-refractivity contribution < 1.29 is 28.6 Å². The van der Waals surface area contributed by atoms with Gasteiger partial charge in [0, 0.05) is 6.54 Å².